The first-order chi connectivity index (χ1) is 29.9. The van der Waals surface area contributed by atoms with Crippen LogP contribution in [0.15, 0.2) is 18.2 Å². The van der Waals surface area contributed by atoms with E-state index in [1.165, 1.54) is 14.2 Å². The second-order valence-corrected chi connectivity index (χ2v) is 20.5. The number of carbonyl (C=O) groups is 3. The number of aliphatic hydroxyl groups excluding tert-OH is 2. The topological polar surface area (TPSA) is 172 Å². The van der Waals surface area contributed by atoms with Crippen LogP contribution in [0.1, 0.15) is 100 Å². The van der Waals surface area contributed by atoms with E-state index in [4.69, 9.17) is 61.1 Å². The molecule has 1 aromatic rings. The lowest BCUT2D eigenvalue weighted by Crippen LogP contribution is -2.61. The number of likely N-dealkylation sites (N-methyl/N-ethyl adjacent to an activating group) is 1. The Morgan fingerprint density at radius 1 is 0.891 bits per heavy atom. The average molecular weight is 946 g/mol. The highest BCUT2D eigenvalue weighted by molar-refractivity contribution is 6.42. The summed E-state index contributed by atoms with van der Waals surface area (Å²) in [6.07, 6.45) is -7.29. The number of cyclic esters (lactones) is 1. The van der Waals surface area contributed by atoms with Gasteiger partial charge in [-0.3, -0.25) is 14.5 Å². The number of ketones is 1. The summed E-state index contributed by atoms with van der Waals surface area (Å²) < 4.78 is 51.4. The molecule has 15 nitrogen and oxygen atoms in total. The van der Waals surface area contributed by atoms with Crippen molar-refractivity contribution in [3.8, 4) is 0 Å². The molecule has 5 rings (SSSR count). The van der Waals surface area contributed by atoms with Crippen LogP contribution < -0.4 is 0 Å². The third kappa shape index (κ3) is 10.8. The van der Waals surface area contributed by atoms with Crippen molar-refractivity contribution in [3.63, 3.8) is 0 Å². The van der Waals surface area contributed by atoms with Gasteiger partial charge in [0.2, 0.25) is 0 Å². The van der Waals surface area contributed by atoms with E-state index in [1.54, 1.807) is 51.7 Å². The van der Waals surface area contributed by atoms with E-state index in [1.807, 2.05) is 59.7 Å². The minimum absolute atomic E-state index is 0.119. The van der Waals surface area contributed by atoms with Crippen LogP contribution in [0.4, 0.5) is 4.79 Å². The number of nitrogens with zero attached hydrogens (tertiary/aromatic N) is 2. The number of hydrogen-bond acceptors (Lipinski definition) is 14. The van der Waals surface area contributed by atoms with Crippen molar-refractivity contribution in [1.82, 2.24) is 9.80 Å². The molecule has 0 saturated carbocycles. The SMILES string of the molecule is CC[C@H]1OC(=O)[C@H](C)[C@@H](O[C@H]2C[C@@](C)(OC)[C@@H](O)[C@H](C)O2)[C@H](C)[C@@H](O[C@@H]2O[C@H](C)C[C@H](N(C)C)[C@H]2O)[C@](C)(OC)C[C@@H](C)C(=O)[C@H](C)[C@H]2N(CCc3ccc(Cl)c(Cl)c3)C(=O)O[C@]12C. The van der Waals surface area contributed by atoms with Crippen molar-refractivity contribution in [3.05, 3.63) is 33.8 Å². The van der Waals surface area contributed by atoms with Crippen molar-refractivity contribution >= 4 is 41.0 Å². The summed E-state index contributed by atoms with van der Waals surface area (Å²) in [6, 6.07) is 4.11. The summed E-state index contributed by atoms with van der Waals surface area (Å²) in [7, 11) is 6.83. The number of ether oxygens (including phenoxy) is 8. The van der Waals surface area contributed by atoms with Crippen molar-refractivity contribution in [2.45, 2.75) is 186 Å². The van der Waals surface area contributed by atoms with Crippen molar-refractivity contribution in [2.75, 3.05) is 34.9 Å². The van der Waals surface area contributed by atoms with Crippen LogP contribution in [0, 0.1) is 23.7 Å². The number of rotatable bonds is 11. The van der Waals surface area contributed by atoms with Crippen LogP contribution in [0.2, 0.25) is 10.0 Å². The number of Topliss-reactive ketones (excluding diaryl/α,β-unsaturated/α-hetero) is 1. The standard InChI is InChI=1S/C47H74Cl2N2O13/c1-15-34-47(10)39(51(44(56)64-47)19-18-30-16-17-31(48)32(49)21-30)26(4)36(52)24(2)22-46(9,58-14)41(63-43-37(53)33(50(11)12)20-25(3)59-43)27(5)38(28(6)42(55)61-34)62-35-23-45(8,57-13)40(54)29(7)60-35/h16-17,21,24-29,33-35,37-41,43,53-54H,15,18-20,22-23H2,1-14H3/t24-,25-,26+,27+,28-,29+,33+,34-,35+,37-,38+,39-,40+,41-,43+,45-,46-,47-/m1/s1. The monoisotopic (exact) mass is 944 g/mol. The van der Waals surface area contributed by atoms with Gasteiger partial charge in [-0.2, -0.15) is 0 Å². The number of amides is 1. The van der Waals surface area contributed by atoms with E-state index in [9.17, 15) is 19.8 Å². The molecule has 4 fully saturated rings. The molecule has 2 N–H and O–H groups in total. The first kappa shape index (κ1) is 52.8. The Morgan fingerprint density at radius 2 is 1.55 bits per heavy atom. The molecular weight excluding hydrogens is 871 g/mol. The summed E-state index contributed by atoms with van der Waals surface area (Å²) >= 11 is 12.6. The summed E-state index contributed by atoms with van der Waals surface area (Å²) in [5.74, 6) is -4.03. The van der Waals surface area contributed by atoms with Crippen LogP contribution in [0.25, 0.3) is 0 Å². The Bertz CT molecular complexity index is 1790. The largest absolute Gasteiger partial charge is 0.458 e. The molecule has 0 unspecified atom stereocenters. The number of halogens is 2. The first-order valence-electron chi connectivity index (χ1n) is 22.8. The van der Waals surface area contributed by atoms with Gasteiger partial charge in [-0.15, -0.1) is 0 Å². The Morgan fingerprint density at radius 3 is 2.14 bits per heavy atom. The Kier molecular flexibility index (Phi) is 17.3. The van der Waals surface area contributed by atoms with E-state index in [2.05, 4.69) is 0 Å². The van der Waals surface area contributed by atoms with Crippen LogP contribution in [-0.2, 0) is 53.9 Å². The molecule has 1 aromatic carbocycles. The lowest BCUT2D eigenvalue weighted by molar-refractivity contribution is -0.319. The number of carbonyl (C=O) groups excluding carboxylic acids is 3. The molecular formula is C47H74Cl2N2O13. The van der Waals surface area contributed by atoms with E-state index < -0.39 is 108 Å². The van der Waals surface area contributed by atoms with Gasteiger partial charge in [0.15, 0.2) is 18.2 Å². The van der Waals surface area contributed by atoms with Gasteiger partial charge in [0, 0.05) is 51.0 Å². The molecule has 4 aliphatic heterocycles. The molecule has 0 radical (unpaired) electrons. The zero-order valence-corrected chi connectivity index (χ0v) is 41.7. The number of benzene rings is 1. The fourth-order valence-corrected chi connectivity index (χ4v) is 11.1. The smallest absolute Gasteiger partial charge is 0.410 e. The molecule has 4 heterocycles. The van der Waals surface area contributed by atoms with E-state index in [0.717, 1.165) is 5.56 Å². The fourth-order valence-electron chi connectivity index (χ4n) is 10.8. The van der Waals surface area contributed by atoms with Gasteiger partial charge >= 0.3 is 12.1 Å². The van der Waals surface area contributed by atoms with Gasteiger partial charge in [0.1, 0.15) is 24.1 Å². The second kappa shape index (κ2) is 21.0. The highest BCUT2D eigenvalue weighted by Crippen LogP contribution is 2.45. The predicted molar refractivity (Wildman–Crippen MR) is 240 cm³/mol. The van der Waals surface area contributed by atoms with Crippen molar-refractivity contribution < 1.29 is 62.5 Å². The summed E-state index contributed by atoms with van der Waals surface area (Å²) in [6.45, 7) is 18.2. The second-order valence-electron chi connectivity index (χ2n) is 19.6. The van der Waals surface area contributed by atoms with Crippen LogP contribution in [-0.4, -0.2) is 157 Å². The molecule has 0 aromatic heterocycles. The van der Waals surface area contributed by atoms with Gasteiger partial charge in [-0.25, -0.2) is 4.79 Å². The third-order valence-corrected chi connectivity index (χ3v) is 15.5. The molecule has 0 spiro atoms. The molecule has 4 aliphatic rings. The van der Waals surface area contributed by atoms with E-state index in [-0.39, 0.29) is 43.7 Å². The quantitative estimate of drug-likeness (QED) is 0.232. The van der Waals surface area contributed by atoms with Crippen molar-refractivity contribution in [1.29, 1.82) is 0 Å². The maximum Gasteiger partial charge on any atom is 0.410 e. The zero-order valence-electron chi connectivity index (χ0n) is 40.2. The molecule has 364 valence electrons. The lowest BCUT2D eigenvalue weighted by Gasteiger charge is -2.50. The average Bonchev–Trinajstić information content (AvgIpc) is 3.51. The summed E-state index contributed by atoms with van der Waals surface area (Å²) in [4.78, 5) is 47.5. The lowest BCUT2D eigenvalue weighted by atomic mass is 9.73. The number of methoxy groups -OCH3 is 2. The Hall–Kier alpha value is -2.15. The Labute approximate surface area is 389 Å². The summed E-state index contributed by atoms with van der Waals surface area (Å²) in [5, 5.41) is 23.7. The van der Waals surface area contributed by atoms with Gasteiger partial charge < -0.3 is 53.0 Å². The van der Waals surface area contributed by atoms with Gasteiger partial charge in [-0.05, 0) is 99.0 Å². The van der Waals surface area contributed by atoms with Gasteiger partial charge in [0.25, 0.3) is 0 Å². The minimum atomic E-state index is -1.46. The predicted octanol–water partition coefficient (Wildman–Crippen LogP) is 6.46. The highest BCUT2D eigenvalue weighted by atomic mass is 35.5. The molecule has 17 heteroatoms. The Balaban J connectivity index is 1.63. The molecule has 64 heavy (non-hydrogen) atoms. The molecule has 0 aliphatic carbocycles. The number of fused-ring (bicyclic) bond motifs is 1. The zero-order chi connectivity index (χ0) is 47.8. The summed E-state index contributed by atoms with van der Waals surface area (Å²) in [5.41, 5.74) is -2.95. The highest BCUT2D eigenvalue weighted by Gasteiger charge is 2.61. The normalized spacial score (nSPS) is 42.8. The molecule has 18 atom stereocenters. The van der Waals surface area contributed by atoms with Gasteiger partial charge in [0.05, 0.1) is 57.6 Å². The molecule has 0 bridgehead atoms. The minimum Gasteiger partial charge on any atom is -0.458 e. The number of esters is 1. The maximum absolute atomic E-state index is 15.0. The van der Waals surface area contributed by atoms with E-state index in [0.29, 0.717) is 22.9 Å². The number of hydrogen-bond donors (Lipinski definition) is 2. The number of aliphatic hydroxyl groups is 2. The third-order valence-electron chi connectivity index (χ3n) is 14.7. The molecule has 4 saturated heterocycles. The van der Waals surface area contributed by atoms with E-state index >= 15 is 4.79 Å². The van der Waals surface area contributed by atoms with Crippen LogP contribution in [0.3, 0.4) is 0 Å². The van der Waals surface area contributed by atoms with Crippen LogP contribution in [0.5, 0.6) is 0 Å². The van der Waals surface area contributed by atoms with Crippen LogP contribution >= 0.6 is 23.2 Å². The fraction of sp³-hybridized carbons (Fsp3) is 0.809. The van der Waals surface area contributed by atoms with Gasteiger partial charge in [-0.1, -0.05) is 57.0 Å². The first-order valence-corrected chi connectivity index (χ1v) is 23.5. The molecule has 1 amide bonds. The maximum atomic E-state index is 15.0. The van der Waals surface area contributed by atoms with Crippen molar-refractivity contribution in [2.24, 2.45) is 23.7 Å².